The Morgan fingerprint density at radius 2 is 2.21 bits per heavy atom. The molecule has 0 aliphatic carbocycles. The van der Waals surface area contributed by atoms with Crippen molar-refractivity contribution in [2.24, 2.45) is 0 Å². The van der Waals surface area contributed by atoms with Gasteiger partial charge in [0.05, 0.1) is 12.2 Å². The predicted octanol–water partition coefficient (Wildman–Crippen LogP) is 2.34. The van der Waals surface area contributed by atoms with Gasteiger partial charge in [0.15, 0.2) is 5.82 Å². The van der Waals surface area contributed by atoms with Crippen LogP contribution in [0.2, 0.25) is 0 Å². The quantitative estimate of drug-likeness (QED) is 0.725. The first-order valence-corrected chi connectivity index (χ1v) is 8.84. The van der Waals surface area contributed by atoms with Crippen molar-refractivity contribution in [2.45, 2.75) is 38.8 Å². The van der Waals surface area contributed by atoms with E-state index in [0.717, 1.165) is 41.8 Å². The number of benzene rings is 1. The lowest BCUT2D eigenvalue weighted by Gasteiger charge is -2.34. The number of nitrogens with zero attached hydrogens (tertiary/aromatic N) is 5. The molecule has 0 bridgehead atoms. The third-order valence-electron chi connectivity index (χ3n) is 4.19. The monoisotopic (exact) mass is 393 g/mol. The van der Waals surface area contributed by atoms with Crippen molar-refractivity contribution in [3.63, 3.8) is 0 Å². The smallest absolute Gasteiger partial charge is 0.302 e. The van der Waals surface area contributed by atoms with E-state index in [9.17, 15) is 4.79 Å². The molecule has 2 aromatic rings. The van der Waals surface area contributed by atoms with Gasteiger partial charge in [0.1, 0.15) is 6.61 Å². The number of aromatic nitrogens is 4. The molecule has 0 radical (unpaired) electrons. The molecular weight excluding hydrogens is 374 g/mol. The Kier molecular flexibility index (Phi) is 5.57. The highest BCUT2D eigenvalue weighted by molar-refractivity contribution is 9.10. The second kappa shape index (κ2) is 7.85. The van der Waals surface area contributed by atoms with Crippen molar-refractivity contribution < 1.29 is 9.53 Å². The Morgan fingerprint density at radius 3 is 3.00 bits per heavy atom. The van der Waals surface area contributed by atoms with Crippen LogP contribution in [0.5, 0.6) is 0 Å². The minimum absolute atomic E-state index is 0.215. The molecule has 1 aliphatic rings. The van der Waals surface area contributed by atoms with Gasteiger partial charge in [-0.15, -0.1) is 5.10 Å². The number of likely N-dealkylation sites (tertiary alicyclic amines) is 1. The molecule has 0 N–H and O–H groups in total. The summed E-state index contributed by atoms with van der Waals surface area (Å²) in [6, 6.07) is 8.06. The van der Waals surface area contributed by atoms with E-state index in [-0.39, 0.29) is 12.0 Å². The Bertz CT molecular complexity index is 705. The van der Waals surface area contributed by atoms with Crippen LogP contribution < -0.4 is 0 Å². The van der Waals surface area contributed by atoms with Crippen LogP contribution in [0.3, 0.4) is 0 Å². The number of para-hydroxylation sites is 1. The summed E-state index contributed by atoms with van der Waals surface area (Å²) < 4.78 is 7.91. The number of carbonyl (C=O) groups excluding carboxylic acids is 1. The summed E-state index contributed by atoms with van der Waals surface area (Å²) in [5.74, 6) is 0.537. The topological polar surface area (TPSA) is 73.1 Å². The number of esters is 1. The summed E-state index contributed by atoms with van der Waals surface area (Å²) in [5, 5.41) is 12.1. The van der Waals surface area contributed by atoms with Gasteiger partial charge in [-0.25, -0.2) is 0 Å². The first-order valence-electron chi connectivity index (χ1n) is 8.04. The van der Waals surface area contributed by atoms with E-state index < -0.39 is 0 Å². The molecular formula is C16H20BrN5O2. The van der Waals surface area contributed by atoms with Crippen LogP contribution in [-0.4, -0.2) is 50.3 Å². The molecule has 1 saturated heterocycles. The first kappa shape index (κ1) is 17.0. The molecule has 8 heteroatoms. The van der Waals surface area contributed by atoms with Gasteiger partial charge in [-0.3, -0.25) is 9.69 Å². The summed E-state index contributed by atoms with van der Waals surface area (Å²) >= 11 is 3.54. The predicted molar refractivity (Wildman–Crippen MR) is 91.5 cm³/mol. The lowest BCUT2D eigenvalue weighted by atomic mass is 10.0. The molecule has 3 rings (SSSR count). The van der Waals surface area contributed by atoms with Crippen LogP contribution in [0, 0.1) is 0 Å². The molecule has 0 saturated carbocycles. The van der Waals surface area contributed by atoms with Crippen LogP contribution in [0.15, 0.2) is 28.7 Å². The Balaban J connectivity index is 1.77. The highest BCUT2D eigenvalue weighted by atomic mass is 79.9. The number of rotatable bonds is 5. The van der Waals surface area contributed by atoms with Gasteiger partial charge in [-0.1, -0.05) is 18.6 Å². The van der Waals surface area contributed by atoms with Gasteiger partial charge in [-0.2, -0.15) is 4.68 Å². The van der Waals surface area contributed by atoms with Crippen LogP contribution >= 0.6 is 15.9 Å². The van der Waals surface area contributed by atoms with E-state index >= 15 is 0 Å². The lowest BCUT2D eigenvalue weighted by Crippen LogP contribution is -2.42. The maximum atomic E-state index is 11.1. The second-order valence-corrected chi connectivity index (χ2v) is 6.74. The molecule has 24 heavy (non-hydrogen) atoms. The number of ether oxygens (including phenoxy) is 1. The average Bonchev–Trinajstić information content (AvgIpc) is 3.02. The van der Waals surface area contributed by atoms with E-state index in [1.54, 1.807) is 4.68 Å². The van der Waals surface area contributed by atoms with Gasteiger partial charge in [-0.05, 0) is 57.9 Å². The summed E-state index contributed by atoms with van der Waals surface area (Å²) in [6.07, 6.45) is 3.30. The third kappa shape index (κ3) is 3.99. The number of halogens is 1. The summed E-state index contributed by atoms with van der Waals surface area (Å²) in [4.78, 5) is 13.4. The first-order chi connectivity index (χ1) is 11.6. The molecule has 0 amide bonds. The fourth-order valence-corrected chi connectivity index (χ4v) is 3.42. The standard InChI is InChI=1S/C16H20BrN5O2/c1-12(23)24-11-13-6-4-5-9-21(13)10-16-18-19-20-22(16)15-8-3-2-7-14(15)17/h2-3,7-8,13H,4-6,9-11H2,1H3/t13-/m1/s1. The van der Waals surface area contributed by atoms with E-state index in [2.05, 4.69) is 36.4 Å². The molecule has 1 aromatic carbocycles. The number of carbonyl (C=O) groups is 1. The minimum Gasteiger partial charge on any atom is -0.464 e. The minimum atomic E-state index is -0.237. The van der Waals surface area contributed by atoms with Crippen molar-refractivity contribution in [3.05, 3.63) is 34.6 Å². The van der Waals surface area contributed by atoms with Gasteiger partial charge in [0.25, 0.3) is 0 Å². The molecule has 1 aliphatic heterocycles. The number of piperidine rings is 1. The summed E-state index contributed by atoms with van der Waals surface area (Å²) in [6.45, 7) is 3.45. The normalized spacial score (nSPS) is 18.5. The van der Waals surface area contributed by atoms with E-state index in [1.807, 2.05) is 24.3 Å². The number of tetrazole rings is 1. The third-order valence-corrected chi connectivity index (χ3v) is 4.86. The van der Waals surface area contributed by atoms with Gasteiger partial charge >= 0.3 is 5.97 Å². The fraction of sp³-hybridized carbons (Fsp3) is 0.500. The van der Waals surface area contributed by atoms with Gasteiger partial charge in [0.2, 0.25) is 0 Å². The summed E-state index contributed by atoms with van der Waals surface area (Å²) in [5.41, 5.74) is 0.908. The zero-order valence-electron chi connectivity index (χ0n) is 13.6. The number of hydrogen-bond acceptors (Lipinski definition) is 6. The zero-order valence-corrected chi connectivity index (χ0v) is 15.1. The van der Waals surface area contributed by atoms with E-state index in [4.69, 9.17) is 4.74 Å². The average molecular weight is 394 g/mol. The second-order valence-electron chi connectivity index (χ2n) is 5.88. The zero-order chi connectivity index (χ0) is 16.9. The van der Waals surface area contributed by atoms with Crippen LogP contribution in [0.1, 0.15) is 32.0 Å². The van der Waals surface area contributed by atoms with Crippen molar-refractivity contribution in [3.8, 4) is 5.69 Å². The van der Waals surface area contributed by atoms with Crippen LogP contribution in [-0.2, 0) is 16.1 Å². The van der Waals surface area contributed by atoms with Crippen LogP contribution in [0.25, 0.3) is 5.69 Å². The van der Waals surface area contributed by atoms with Crippen molar-refractivity contribution in [2.75, 3.05) is 13.2 Å². The SMILES string of the molecule is CC(=O)OC[C@H]1CCCCN1Cc1nnnn1-c1ccccc1Br. The maximum absolute atomic E-state index is 11.1. The summed E-state index contributed by atoms with van der Waals surface area (Å²) in [7, 11) is 0. The Hall–Kier alpha value is -1.80. The van der Waals surface area contributed by atoms with E-state index in [1.165, 1.54) is 6.92 Å². The highest BCUT2D eigenvalue weighted by Crippen LogP contribution is 2.23. The molecule has 0 unspecified atom stereocenters. The molecule has 1 aromatic heterocycles. The van der Waals surface area contributed by atoms with Gasteiger partial charge < -0.3 is 4.74 Å². The Labute approximate surface area is 149 Å². The fourth-order valence-electron chi connectivity index (χ4n) is 2.97. The maximum Gasteiger partial charge on any atom is 0.302 e. The largest absolute Gasteiger partial charge is 0.464 e. The van der Waals surface area contributed by atoms with Gasteiger partial charge in [0, 0.05) is 17.4 Å². The molecule has 1 fully saturated rings. The van der Waals surface area contributed by atoms with Crippen molar-refractivity contribution in [1.29, 1.82) is 0 Å². The molecule has 0 spiro atoms. The Morgan fingerprint density at radius 1 is 1.38 bits per heavy atom. The molecule has 2 heterocycles. The van der Waals surface area contributed by atoms with Crippen molar-refractivity contribution in [1.82, 2.24) is 25.1 Å². The molecule has 1 atom stereocenters. The van der Waals surface area contributed by atoms with Crippen LogP contribution in [0.4, 0.5) is 0 Å². The molecule has 128 valence electrons. The van der Waals surface area contributed by atoms with E-state index in [0.29, 0.717) is 13.2 Å². The van der Waals surface area contributed by atoms with Crippen molar-refractivity contribution >= 4 is 21.9 Å². The molecule has 7 nitrogen and oxygen atoms in total. The highest BCUT2D eigenvalue weighted by Gasteiger charge is 2.25. The lowest BCUT2D eigenvalue weighted by molar-refractivity contribution is -0.143. The number of hydrogen-bond donors (Lipinski definition) is 0.